The monoisotopic (exact) mass is 345 g/mol. The highest BCUT2D eigenvalue weighted by atomic mass is 35.5. The number of anilines is 1. The van der Waals surface area contributed by atoms with Crippen LogP contribution in [0.25, 0.3) is 11.1 Å². The molecule has 2 aliphatic heterocycles. The first-order chi connectivity index (χ1) is 11.6. The van der Waals surface area contributed by atoms with Crippen molar-refractivity contribution in [1.29, 1.82) is 0 Å². The summed E-state index contributed by atoms with van der Waals surface area (Å²) in [4.78, 5) is 18.3. The molecule has 24 heavy (non-hydrogen) atoms. The second kappa shape index (κ2) is 6.06. The van der Waals surface area contributed by atoms with Crippen LogP contribution in [-0.4, -0.2) is 28.0 Å². The number of piperidine rings is 1. The Morgan fingerprint density at radius 1 is 1.25 bits per heavy atom. The molecule has 0 spiro atoms. The van der Waals surface area contributed by atoms with Gasteiger partial charge in [-0.2, -0.15) is 0 Å². The number of rotatable bonds is 2. The Kier molecular flexibility index (Phi) is 3.88. The number of fused-ring (bicyclic) bond motifs is 2. The third-order valence-electron chi connectivity index (χ3n) is 4.87. The number of nitrogens with one attached hydrogen (secondary N) is 1. The van der Waals surface area contributed by atoms with Crippen molar-refractivity contribution in [3.05, 3.63) is 47.5 Å². The minimum absolute atomic E-state index is 0.0680. The number of carbonyl (C=O) groups is 1. The van der Waals surface area contributed by atoms with Crippen molar-refractivity contribution in [1.82, 2.24) is 9.88 Å². The van der Waals surface area contributed by atoms with E-state index in [1.807, 2.05) is 4.90 Å². The molecule has 4 rings (SSSR count). The fraction of sp³-hybridized carbons (Fsp3) is 0.333. The zero-order valence-corrected chi connectivity index (χ0v) is 13.8. The molecule has 2 amide bonds. The quantitative estimate of drug-likeness (QED) is 0.857. The Balaban J connectivity index is 1.56. The van der Waals surface area contributed by atoms with Crippen LogP contribution in [0.2, 0.25) is 5.02 Å². The van der Waals surface area contributed by atoms with E-state index in [4.69, 9.17) is 11.6 Å². The van der Waals surface area contributed by atoms with Crippen LogP contribution < -0.4 is 5.32 Å². The van der Waals surface area contributed by atoms with Crippen molar-refractivity contribution in [3.8, 4) is 11.1 Å². The average Bonchev–Trinajstić information content (AvgIpc) is 2.57. The molecule has 124 valence electrons. The number of aromatic nitrogens is 1. The smallest absolute Gasteiger partial charge is 0.318 e. The molecule has 0 saturated carbocycles. The van der Waals surface area contributed by atoms with Gasteiger partial charge in [-0.25, -0.2) is 9.18 Å². The summed E-state index contributed by atoms with van der Waals surface area (Å²) in [5, 5.41) is 3.43. The number of benzene rings is 1. The van der Waals surface area contributed by atoms with Crippen molar-refractivity contribution in [3.63, 3.8) is 0 Å². The van der Waals surface area contributed by atoms with Crippen molar-refractivity contribution in [2.45, 2.75) is 37.8 Å². The van der Waals surface area contributed by atoms with Crippen LogP contribution >= 0.6 is 11.6 Å². The van der Waals surface area contributed by atoms with Crippen LogP contribution in [0.15, 0.2) is 36.7 Å². The standard InChI is InChI=1S/C18H17ClFN3O/c19-17-5-4-13(7-16(17)11-6-12(20)10-21-9-11)22-18(24)23-14-2-1-3-15(23)8-14/h4-7,9-10,14-15H,1-3,8H2,(H,22,24)/t14-,15?/m1/s1. The zero-order chi connectivity index (χ0) is 16.7. The molecule has 3 heterocycles. The van der Waals surface area contributed by atoms with Crippen LogP contribution in [0, 0.1) is 5.82 Å². The Morgan fingerprint density at radius 3 is 2.75 bits per heavy atom. The first-order valence-corrected chi connectivity index (χ1v) is 8.49. The maximum absolute atomic E-state index is 13.4. The average molecular weight is 346 g/mol. The number of pyridine rings is 1. The predicted octanol–water partition coefficient (Wildman–Crippen LogP) is 4.70. The van der Waals surface area contributed by atoms with E-state index in [2.05, 4.69) is 10.3 Å². The minimum Gasteiger partial charge on any atom is -0.318 e. The van der Waals surface area contributed by atoms with Gasteiger partial charge in [0.05, 0.1) is 6.20 Å². The van der Waals surface area contributed by atoms with Gasteiger partial charge in [-0.3, -0.25) is 4.98 Å². The van der Waals surface area contributed by atoms with Gasteiger partial charge < -0.3 is 10.2 Å². The van der Waals surface area contributed by atoms with Gasteiger partial charge >= 0.3 is 6.03 Å². The van der Waals surface area contributed by atoms with E-state index in [0.29, 0.717) is 33.9 Å². The van der Waals surface area contributed by atoms with E-state index < -0.39 is 5.82 Å². The topological polar surface area (TPSA) is 45.2 Å². The number of halogens is 2. The van der Waals surface area contributed by atoms with Crippen molar-refractivity contribution < 1.29 is 9.18 Å². The van der Waals surface area contributed by atoms with E-state index in [1.165, 1.54) is 12.5 Å². The van der Waals surface area contributed by atoms with Gasteiger partial charge in [0.2, 0.25) is 0 Å². The molecule has 1 aromatic heterocycles. The molecular formula is C18H17ClFN3O. The summed E-state index contributed by atoms with van der Waals surface area (Å²) in [6, 6.07) is 7.28. The van der Waals surface area contributed by atoms with Gasteiger partial charge in [0.15, 0.2) is 0 Å². The van der Waals surface area contributed by atoms with Crippen LogP contribution in [0.5, 0.6) is 0 Å². The lowest BCUT2D eigenvalue weighted by atomic mass is 9.80. The van der Waals surface area contributed by atoms with E-state index in [9.17, 15) is 9.18 Å². The summed E-state index contributed by atoms with van der Waals surface area (Å²) in [7, 11) is 0. The lowest BCUT2D eigenvalue weighted by Crippen LogP contribution is -2.62. The zero-order valence-electron chi connectivity index (χ0n) is 13.0. The Hall–Kier alpha value is -2.14. The third kappa shape index (κ3) is 2.73. The fourth-order valence-corrected chi connectivity index (χ4v) is 3.93. The summed E-state index contributed by atoms with van der Waals surface area (Å²) in [6.45, 7) is 0. The van der Waals surface area contributed by atoms with E-state index in [-0.39, 0.29) is 6.03 Å². The minimum atomic E-state index is -0.425. The molecule has 2 bridgehead atoms. The molecule has 0 aliphatic carbocycles. The molecular weight excluding hydrogens is 329 g/mol. The molecule has 2 saturated heterocycles. The van der Waals surface area contributed by atoms with Gasteiger partial charge in [-0.05, 0) is 49.9 Å². The highest BCUT2D eigenvalue weighted by Gasteiger charge is 2.44. The Morgan fingerprint density at radius 2 is 2.04 bits per heavy atom. The molecule has 2 fully saturated rings. The third-order valence-corrected chi connectivity index (χ3v) is 5.20. The van der Waals surface area contributed by atoms with Gasteiger partial charge in [0.1, 0.15) is 5.82 Å². The van der Waals surface area contributed by atoms with E-state index >= 15 is 0 Å². The number of nitrogens with zero attached hydrogens (tertiary/aromatic N) is 2. The SMILES string of the molecule is O=C(Nc1ccc(Cl)c(-c2cncc(F)c2)c1)N1C2CCC[C@@H]1C2. The summed E-state index contributed by atoms with van der Waals surface area (Å²) in [5.74, 6) is -0.425. The van der Waals surface area contributed by atoms with E-state index in [0.717, 1.165) is 25.5 Å². The number of urea groups is 1. The molecule has 6 heteroatoms. The van der Waals surface area contributed by atoms with Crippen LogP contribution in [0.4, 0.5) is 14.9 Å². The number of carbonyl (C=O) groups excluding carboxylic acids is 1. The fourth-order valence-electron chi connectivity index (χ4n) is 3.71. The first kappa shape index (κ1) is 15.4. The largest absolute Gasteiger partial charge is 0.322 e. The molecule has 1 N–H and O–H groups in total. The Labute approximate surface area is 144 Å². The first-order valence-electron chi connectivity index (χ1n) is 8.11. The molecule has 2 aromatic rings. The summed E-state index contributed by atoms with van der Waals surface area (Å²) < 4.78 is 13.4. The normalized spacial score (nSPS) is 22.0. The van der Waals surface area contributed by atoms with Gasteiger partial charge in [0, 0.05) is 40.1 Å². The highest BCUT2D eigenvalue weighted by molar-refractivity contribution is 6.33. The lowest BCUT2D eigenvalue weighted by Gasteiger charge is -2.52. The van der Waals surface area contributed by atoms with Crippen molar-refractivity contribution in [2.24, 2.45) is 0 Å². The second-order valence-corrected chi connectivity index (χ2v) is 6.81. The van der Waals surface area contributed by atoms with Crippen LogP contribution in [0.3, 0.4) is 0 Å². The maximum atomic E-state index is 13.4. The number of hydrogen-bond donors (Lipinski definition) is 1. The van der Waals surface area contributed by atoms with Gasteiger partial charge in [0.25, 0.3) is 0 Å². The van der Waals surface area contributed by atoms with Crippen LogP contribution in [-0.2, 0) is 0 Å². The number of amides is 2. The Bertz CT molecular complexity index is 784. The molecule has 4 nitrogen and oxygen atoms in total. The van der Waals surface area contributed by atoms with Crippen molar-refractivity contribution in [2.75, 3.05) is 5.32 Å². The van der Waals surface area contributed by atoms with Gasteiger partial charge in [-0.1, -0.05) is 11.6 Å². The lowest BCUT2D eigenvalue weighted by molar-refractivity contribution is 0.0173. The molecule has 2 aliphatic rings. The van der Waals surface area contributed by atoms with Crippen LogP contribution in [0.1, 0.15) is 25.7 Å². The highest BCUT2D eigenvalue weighted by Crippen LogP contribution is 2.38. The summed E-state index contributed by atoms with van der Waals surface area (Å²) in [5.41, 5.74) is 1.87. The predicted molar refractivity (Wildman–Crippen MR) is 91.5 cm³/mol. The molecule has 2 atom stereocenters. The summed E-state index contributed by atoms with van der Waals surface area (Å²) >= 11 is 6.23. The second-order valence-electron chi connectivity index (χ2n) is 6.40. The van der Waals surface area contributed by atoms with E-state index in [1.54, 1.807) is 24.4 Å². The molecule has 1 aromatic carbocycles. The van der Waals surface area contributed by atoms with Crippen molar-refractivity contribution >= 4 is 23.3 Å². The van der Waals surface area contributed by atoms with Gasteiger partial charge in [-0.15, -0.1) is 0 Å². The molecule has 1 unspecified atom stereocenters. The maximum Gasteiger partial charge on any atom is 0.322 e. The summed E-state index contributed by atoms with van der Waals surface area (Å²) in [6.07, 6.45) is 7.20. The number of hydrogen-bond acceptors (Lipinski definition) is 2. The molecule has 0 radical (unpaired) electrons.